The molecule has 3 heterocycles. The molecule has 164 valence electrons. The van der Waals surface area contributed by atoms with Gasteiger partial charge in [-0.05, 0) is 74.0 Å². The van der Waals surface area contributed by atoms with Crippen LogP contribution >= 0.6 is 0 Å². The van der Waals surface area contributed by atoms with E-state index in [2.05, 4.69) is 53.2 Å². The molecule has 0 aromatic carbocycles. The van der Waals surface area contributed by atoms with Gasteiger partial charge in [0.15, 0.2) is 5.82 Å². The Bertz CT molecular complexity index is 818. The van der Waals surface area contributed by atoms with Gasteiger partial charge in [-0.25, -0.2) is 0 Å². The molecular formula is C24H38N6. The molecular weight excluding hydrogens is 372 g/mol. The van der Waals surface area contributed by atoms with Crippen molar-refractivity contribution in [3.8, 4) is 11.3 Å². The third kappa shape index (κ3) is 4.85. The number of anilines is 1. The zero-order chi connectivity index (χ0) is 21.3. The highest BCUT2D eigenvalue weighted by Crippen LogP contribution is 2.43. The summed E-state index contributed by atoms with van der Waals surface area (Å²) in [6.07, 6.45) is 8.98. The van der Waals surface area contributed by atoms with Crippen LogP contribution in [0.4, 0.5) is 5.82 Å². The van der Waals surface area contributed by atoms with E-state index in [1.54, 1.807) is 6.20 Å². The topological polar surface area (TPSA) is 58.9 Å². The van der Waals surface area contributed by atoms with Gasteiger partial charge < -0.3 is 10.2 Å². The number of nitrogens with zero attached hydrogens (tertiary/aromatic N) is 5. The van der Waals surface area contributed by atoms with Gasteiger partial charge in [0, 0.05) is 32.2 Å². The van der Waals surface area contributed by atoms with Gasteiger partial charge in [0.2, 0.25) is 0 Å². The maximum atomic E-state index is 4.38. The highest BCUT2D eigenvalue weighted by atomic mass is 15.3. The number of hydrogen-bond donors (Lipinski definition) is 1. The Labute approximate surface area is 181 Å². The Morgan fingerprint density at radius 1 is 1.17 bits per heavy atom. The fourth-order valence-corrected chi connectivity index (χ4v) is 5.42. The molecule has 1 N–H and O–H groups in total. The minimum absolute atomic E-state index is 0.444. The average Bonchev–Trinajstić information content (AvgIpc) is 3.33. The molecule has 2 aliphatic rings. The predicted octanol–water partition coefficient (Wildman–Crippen LogP) is 4.38. The van der Waals surface area contributed by atoms with Crippen molar-refractivity contribution in [2.24, 2.45) is 30.2 Å². The van der Waals surface area contributed by atoms with E-state index >= 15 is 0 Å². The maximum absolute atomic E-state index is 4.38. The van der Waals surface area contributed by atoms with Gasteiger partial charge in [-0.2, -0.15) is 10.2 Å². The monoisotopic (exact) mass is 410 g/mol. The molecule has 1 unspecified atom stereocenters. The molecule has 0 spiro atoms. The van der Waals surface area contributed by atoms with Crippen molar-refractivity contribution in [3.63, 3.8) is 0 Å². The number of nitrogens with one attached hydrogen (secondary N) is 1. The summed E-state index contributed by atoms with van der Waals surface area (Å²) in [6.45, 7) is 14.0. The number of aryl methyl sites for hydroxylation is 2. The summed E-state index contributed by atoms with van der Waals surface area (Å²) in [5.74, 6) is 3.55. The third-order valence-corrected chi connectivity index (χ3v) is 7.04. The van der Waals surface area contributed by atoms with Crippen LogP contribution in [-0.2, 0) is 7.05 Å². The van der Waals surface area contributed by atoms with Crippen LogP contribution in [-0.4, -0.2) is 51.1 Å². The Morgan fingerprint density at radius 2 is 1.90 bits per heavy atom. The maximum Gasteiger partial charge on any atom is 0.158 e. The molecule has 4 rings (SSSR count). The summed E-state index contributed by atoms with van der Waals surface area (Å²) in [6, 6.07) is 2.03. The first-order valence-corrected chi connectivity index (χ1v) is 11.6. The van der Waals surface area contributed by atoms with Gasteiger partial charge >= 0.3 is 0 Å². The van der Waals surface area contributed by atoms with Crippen LogP contribution in [0, 0.1) is 30.1 Å². The molecule has 2 fully saturated rings. The number of fused-ring (bicyclic) bond motifs is 1. The molecule has 3 atom stereocenters. The molecule has 2 aromatic rings. The van der Waals surface area contributed by atoms with Crippen LogP contribution in [0.5, 0.6) is 0 Å². The van der Waals surface area contributed by atoms with E-state index in [9.17, 15) is 0 Å². The second-order valence-electron chi connectivity index (χ2n) is 10.7. The molecule has 1 saturated heterocycles. The first kappa shape index (κ1) is 21.3. The van der Waals surface area contributed by atoms with E-state index in [1.807, 2.05) is 24.0 Å². The van der Waals surface area contributed by atoms with Crippen molar-refractivity contribution >= 4 is 5.82 Å². The van der Waals surface area contributed by atoms with Gasteiger partial charge in [0.25, 0.3) is 0 Å². The van der Waals surface area contributed by atoms with Gasteiger partial charge in [0.05, 0.1) is 18.1 Å². The standard InChI is InChI=1S/C24H38N6/c1-17-14-27-29(5)22(17)21-7-10-26-28-23(21)25-9-6-18-12-19-15-30(16-20(19)13-18)11-8-24(2,3)4/h7,10,14,18-20H,6,8-9,11-13,15-16H2,1-5H3,(H,25,28)/t18?,19-,20+. The van der Waals surface area contributed by atoms with Crippen molar-refractivity contribution in [2.75, 3.05) is 31.5 Å². The Kier molecular flexibility index (Phi) is 6.14. The molecule has 1 aliphatic heterocycles. The fourth-order valence-electron chi connectivity index (χ4n) is 5.42. The van der Waals surface area contributed by atoms with Crippen molar-refractivity contribution in [2.45, 2.75) is 53.4 Å². The van der Waals surface area contributed by atoms with E-state index in [4.69, 9.17) is 0 Å². The van der Waals surface area contributed by atoms with E-state index in [0.29, 0.717) is 5.41 Å². The molecule has 2 aromatic heterocycles. The summed E-state index contributed by atoms with van der Waals surface area (Å²) >= 11 is 0. The van der Waals surface area contributed by atoms with Crippen LogP contribution in [0.2, 0.25) is 0 Å². The van der Waals surface area contributed by atoms with Crippen molar-refractivity contribution in [3.05, 3.63) is 24.0 Å². The fraction of sp³-hybridized carbons (Fsp3) is 0.708. The number of rotatable bonds is 7. The summed E-state index contributed by atoms with van der Waals surface area (Å²) < 4.78 is 1.92. The van der Waals surface area contributed by atoms with Crippen molar-refractivity contribution in [1.29, 1.82) is 0 Å². The van der Waals surface area contributed by atoms with Crippen molar-refractivity contribution in [1.82, 2.24) is 24.9 Å². The first-order valence-electron chi connectivity index (χ1n) is 11.6. The Hall–Kier alpha value is -1.95. The zero-order valence-corrected chi connectivity index (χ0v) is 19.4. The highest BCUT2D eigenvalue weighted by Gasteiger charge is 2.40. The largest absolute Gasteiger partial charge is 0.368 e. The molecule has 6 nitrogen and oxygen atoms in total. The Morgan fingerprint density at radius 3 is 2.53 bits per heavy atom. The minimum Gasteiger partial charge on any atom is -0.368 e. The summed E-state index contributed by atoms with van der Waals surface area (Å²) in [5, 5.41) is 16.4. The summed E-state index contributed by atoms with van der Waals surface area (Å²) in [7, 11) is 1.98. The number of aromatic nitrogens is 4. The number of hydrogen-bond acceptors (Lipinski definition) is 5. The zero-order valence-electron chi connectivity index (χ0n) is 19.4. The quantitative estimate of drug-likeness (QED) is 0.734. The third-order valence-electron chi connectivity index (χ3n) is 7.04. The highest BCUT2D eigenvalue weighted by molar-refractivity contribution is 5.74. The lowest BCUT2D eigenvalue weighted by atomic mass is 9.92. The van der Waals surface area contributed by atoms with Gasteiger partial charge in [-0.3, -0.25) is 4.68 Å². The molecule has 1 saturated carbocycles. The SMILES string of the molecule is Cc1cnn(C)c1-c1ccnnc1NCCC1C[C@@H]2CN(CCC(C)(C)C)C[C@@H]2C1. The van der Waals surface area contributed by atoms with E-state index < -0.39 is 0 Å². The van der Waals surface area contributed by atoms with E-state index in [0.717, 1.165) is 46.9 Å². The molecule has 6 heteroatoms. The van der Waals surface area contributed by atoms with Gasteiger partial charge in [0.1, 0.15) is 0 Å². The molecule has 0 amide bonds. The van der Waals surface area contributed by atoms with Crippen LogP contribution < -0.4 is 5.32 Å². The normalized spacial score (nSPS) is 24.4. The van der Waals surface area contributed by atoms with Crippen molar-refractivity contribution < 1.29 is 0 Å². The van der Waals surface area contributed by atoms with Crippen LogP contribution in [0.3, 0.4) is 0 Å². The lowest BCUT2D eigenvalue weighted by molar-refractivity contribution is 0.244. The Balaban J connectivity index is 1.27. The molecule has 1 aliphatic carbocycles. The van der Waals surface area contributed by atoms with Gasteiger partial charge in [-0.15, -0.1) is 5.10 Å². The second-order valence-corrected chi connectivity index (χ2v) is 10.7. The lowest BCUT2D eigenvalue weighted by Crippen LogP contribution is -2.26. The van der Waals surface area contributed by atoms with Gasteiger partial charge in [-0.1, -0.05) is 20.8 Å². The van der Waals surface area contributed by atoms with Crippen LogP contribution in [0.25, 0.3) is 11.3 Å². The molecule has 0 bridgehead atoms. The summed E-state index contributed by atoms with van der Waals surface area (Å²) in [5.41, 5.74) is 3.80. The second kappa shape index (κ2) is 8.66. The molecule has 0 radical (unpaired) electrons. The molecule has 30 heavy (non-hydrogen) atoms. The summed E-state index contributed by atoms with van der Waals surface area (Å²) in [4.78, 5) is 2.72. The lowest BCUT2D eigenvalue weighted by Gasteiger charge is -2.24. The minimum atomic E-state index is 0.444. The van der Waals surface area contributed by atoms with Crippen LogP contribution in [0.1, 0.15) is 52.0 Å². The van der Waals surface area contributed by atoms with Crippen LogP contribution in [0.15, 0.2) is 18.5 Å². The van der Waals surface area contributed by atoms with E-state index in [-0.39, 0.29) is 0 Å². The van der Waals surface area contributed by atoms with E-state index in [1.165, 1.54) is 45.3 Å². The average molecular weight is 411 g/mol. The number of likely N-dealkylation sites (tertiary alicyclic amines) is 1. The first-order chi connectivity index (χ1) is 14.3. The smallest absolute Gasteiger partial charge is 0.158 e. The predicted molar refractivity (Wildman–Crippen MR) is 122 cm³/mol.